The van der Waals surface area contributed by atoms with Gasteiger partial charge in [-0.05, 0) is 67.5 Å². The lowest BCUT2D eigenvalue weighted by Crippen LogP contribution is -2.37. The van der Waals surface area contributed by atoms with Gasteiger partial charge in [0.1, 0.15) is 0 Å². The monoisotopic (exact) mass is 265 g/mol. The van der Waals surface area contributed by atoms with Crippen LogP contribution in [-0.4, -0.2) is 36.7 Å². The van der Waals surface area contributed by atoms with Gasteiger partial charge in [0.15, 0.2) is 0 Å². The Kier molecular flexibility index (Phi) is 5.89. The standard InChI is InChI=1S/C17H31NO/c1-16(2,3)10-7-15-8-11-18(12-9-15)13-14-19-17(4,5)6/h15H,8-9,11-14H2,1-6H3. The molecule has 110 valence electrons. The molecule has 0 amide bonds. The van der Waals surface area contributed by atoms with E-state index >= 15 is 0 Å². The summed E-state index contributed by atoms with van der Waals surface area (Å²) >= 11 is 0. The van der Waals surface area contributed by atoms with Crippen LogP contribution >= 0.6 is 0 Å². The Labute approximate surface area is 119 Å². The van der Waals surface area contributed by atoms with E-state index in [9.17, 15) is 0 Å². The minimum atomic E-state index is -0.0174. The van der Waals surface area contributed by atoms with Gasteiger partial charge in [0.05, 0.1) is 12.2 Å². The summed E-state index contributed by atoms with van der Waals surface area (Å²) < 4.78 is 5.78. The molecule has 19 heavy (non-hydrogen) atoms. The van der Waals surface area contributed by atoms with Gasteiger partial charge in [-0.3, -0.25) is 0 Å². The summed E-state index contributed by atoms with van der Waals surface area (Å²) in [5.74, 6) is 7.43. The molecule has 0 radical (unpaired) electrons. The molecule has 1 fully saturated rings. The van der Waals surface area contributed by atoms with Crippen LogP contribution in [0.25, 0.3) is 0 Å². The number of ether oxygens (including phenoxy) is 1. The Morgan fingerprint density at radius 2 is 1.63 bits per heavy atom. The molecule has 0 unspecified atom stereocenters. The Bertz CT molecular complexity index is 316. The predicted octanol–water partition coefficient (Wildman–Crippen LogP) is 3.56. The van der Waals surface area contributed by atoms with Crippen molar-refractivity contribution in [2.45, 2.75) is 60.0 Å². The second-order valence-corrected chi connectivity index (χ2v) is 7.60. The third-order valence-corrected chi connectivity index (χ3v) is 3.18. The van der Waals surface area contributed by atoms with Crippen LogP contribution < -0.4 is 0 Å². The van der Waals surface area contributed by atoms with Gasteiger partial charge in [0.2, 0.25) is 0 Å². The van der Waals surface area contributed by atoms with Gasteiger partial charge in [-0.1, -0.05) is 11.8 Å². The fourth-order valence-electron chi connectivity index (χ4n) is 2.10. The Morgan fingerprint density at radius 3 is 2.11 bits per heavy atom. The van der Waals surface area contributed by atoms with Crippen molar-refractivity contribution in [2.75, 3.05) is 26.2 Å². The first-order valence-corrected chi connectivity index (χ1v) is 7.55. The molecule has 0 bridgehead atoms. The van der Waals surface area contributed by atoms with E-state index in [1.807, 2.05) is 0 Å². The lowest BCUT2D eigenvalue weighted by Gasteiger charge is -2.31. The van der Waals surface area contributed by atoms with Gasteiger partial charge in [0.25, 0.3) is 0 Å². The third-order valence-electron chi connectivity index (χ3n) is 3.18. The molecule has 0 atom stereocenters. The van der Waals surface area contributed by atoms with Crippen LogP contribution in [0, 0.1) is 23.2 Å². The van der Waals surface area contributed by atoms with Crippen molar-refractivity contribution in [1.29, 1.82) is 0 Å². The zero-order valence-corrected chi connectivity index (χ0v) is 13.7. The largest absolute Gasteiger partial charge is 0.375 e. The smallest absolute Gasteiger partial charge is 0.0600 e. The summed E-state index contributed by atoms with van der Waals surface area (Å²) in [6, 6.07) is 0. The van der Waals surface area contributed by atoms with Crippen molar-refractivity contribution in [3.8, 4) is 11.8 Å². The van der Waals surface area contributed by atoms with Gasteiger partial charge in [-0.25, -0.2) is 0 Å². The maximum absolute atomic E-state index is 5.78. The summed E-state index contributed by atoms with van der Waals surface area (Å²) in [6.07, 6.45) is 2.41. The number of rotatable bonds is 3. The molecular weight excluding hydrogens is 234 g/mol. The number of piperidine rings is 1. The number of hydrogen-bond donors (Lipinski definition) is 0. The molecule has 1 saturated heterocycles. The van der Waals surface area contributed by atoms with E-state index in [4.69, 9.17) is 4.74 Å². The Hall–Kier alpha value is -0.520. The van der Waals surface area contributed by atoms with Crippen LogP contribution in [0.15, 0.2) is 0 Å². The van der Waals surface area contributed by atoms with E-state index in [2.05, 4.69) is 58.3 Å². The average Bonchev–Trinajstić information content (AvgIpc) is 2.25. The maximum atomic E-state index is 5.78. The molecule has 1 aliphatic heterocycles. The van der Waals surface area contributed by atoms with Crippen LogP contribution in [0.5, 0.6) is 0 Å². The Morgan fingerprint density at radius 1 is 1.05 bits per heavy atom. The first kappa shape index (κ1) is 16.5. The van der Waals surface area contributed by atoms with Crippen molar-refractivity contribution in [1.82, 2.24) is 4.90 Å². The lowest BCUT2D eigenvalue weighted by molar-refractivity contribution is -0.0154. The van der Waals surface area contributed by atoms with Crippen molar-refractivity contribution in [3.63, 3.8) is 0 Å². The summed E-state index contributed by atoms with van der Waals surface area (Å²) in [6.45, 7) is 17.1. The minimum absolute atomic E-state index is 0.0174. The summed E-state index contributed by atoms with van der Waals surface area (Å²) in [7, 11) is 0. The predicted molar refractivity (Wildman–Crippen MR) is 82.1 cm³/mol. The van der Waals surface area contributed by atoms with Gasteiger partial charge in [-0.2, -0.15) is 0 Å². The van der Waals surface area contributed by atoms with E-state index < -0.39 is 0 Å². The molecule has 1 aliphatic rings. The van der Waals surface area contributed by atoms with Gasteiger partial charge in [0, 0.05) is 17.9 Å². The molecule has 0 aromatic rings. The van der Waals surface area contributed by atoms with Crippen molar-refractivity contribution in [2.24, 2.45) is 11.3 Å². The van der Waals surface area contributed by atoms with E-state index in [1.165, 1.54) is 12.8 Å². The van der Waals surface area contributed by atoms with Crippen LogP contribution in [0.1, 0.15) is 54.4 Å². The van der Waals surface area contributed by atoms with E-state index in [-0.39, 0.29) is 11.0 Å². The molecule has 2 heteroatoms. The second kappa shape index (κ2) is 6.77. The molecule has 0 spiro atoms. The first-order chi connectivity index (χ1) is 8.66. The second-order valence-electron chi connectivity index (χ2n) is 7.60. The number of hydrogen-bond acceptors (Lipinski definition) is 2. The van der Waals surface area contributed by atoms with Crippen LogP contribution in [0.4, 0.5) is 0 Å². The van der Waals surface area contributed by atoms with Crippen LogP contribution in [0.3, 0.4) is 0 Å². The van der Waals surface area contributed by atoms with E-state index in [0.29, 0.717) is 5.92 Å². The van der Waals surface area contributed by atoms with Gasteiger partial charge in [-0.15, -0.1) is 0 Å². The highest BCUT2D eigenvalue weighted by molar-refractivity contribution is 5.10. The van der Waals surface area contributed by atoms with Crippen molar-refractivity contribution >= 4 is 0 Å². The van der Waals surface area contributed by atoms with Crippen LogP contribution in [0.2, 0.25) is 0 Å². The zero-order chi connectivity index (χ0) is 14.5. The Balaban J connectivity index is 2.24. The molecular formula is C17H31NO. The fourth-order valence-corrected chi connectivity index (χ4v) is 2.10. The fraction of sp³-hybridized carbons (Fsp3) is 0.882. The molecule has 1 rings (SSSR count). The molecule has 1 heterocycles. The van der Waals surface area contributed by atoms with Crippen molar-refractivity contribution < 1.29 is 4.74 Å². The quantitative estimate of drug-likeness (QED) is 0.723. The summed E-state index contributed by atoms with van der Waals surface area (Å²) in [4.78, 5) is 2.50. The highest BCUT2D eigenvalue weighted by Gasteiger charge is 2.18. The number of likely N-dealkylation sites (tertiary alicyclic amines) is 1. The van der Waals surface area contributed by atoms with Crippen LogP contribution in [-0.2, 0) is 4.74 Å². The molecule has 0 aromatic carbocycles. The SMILES string of the molecule is CC(C)(C)C#CC1CCN(CCOC(C)(C)C)CC1. The highest BCUT2D eigenvalue weighted by Crippen LogP contribution is 2.18. The van der Waals surface area contributed by atoms with Gasteiger partial charge >= 0.3 is 0 Å². The van der Waals surface area contributed by atoms with E-state index in [0.717, 1.165) is 26.2 Å². The van der Waals surface area contributed by atoms with Gasteiger partial charge < -0.3 is 9.64 Å². The lowest BCUT2D eigenvalue weighted by atomic mass is 9.93. The first-order valence-electron chi connectivity index (χ1n) is 7.55. The van der Waals surface area contributed by atoms with E-state index in [1.54, 1.807) is 0 Å². The highest BCUT2D eigenvalue weighted by atomic mass is 16.5. The topological polar surface area (TPSA) is 12.5 Å². The molecule has 0 saturated carbocycles. The summed E-state index contributed by atoms with van der Waals surface area (Å²) in [5.41, 5.74) is 0.119. The van der Waals surface area contributed by atoms with Crippen molar-refractivity contribution in [3.05, 3.63) is 0 Å². The third kappa shape index (κ3) is 8.29. The zero-order valence-electron chi connectivity index (χ0n) is 13.7. The maximum Gasteiger partial charge on any atom is 0.0600 e. The summed E-state index contributed by atoms with van der Waals surface area (Å²) in [5, 5.41) is 0. The molecule has 2 nitrogen and oxygen atoms in total. The molecule has 0 N–H and O–H groups in total. The number of nitrogens with zero attached hydrogens (tertiary/aromatic N) is 1. The molecule has 0 aliphatic carbocycles. The molecule has 0 aromatic heterocycles. The average molecular weight is 265 g/mol. The minimum Gasteiger partial charge on any atom is -0.375 e. The normalized spacial score (nSPS) is 19.1.